The number of ether oxygens (including phenoxy) is 2. The topological polar surface area (TPSA) is 102 Å². The number of carbonyl (C=O) groups is 2. The highest BCUT2D eigenvalue weighted by atomic mass is 32.2. The van der Waals surface area contributed by atoms with E-state index in [0.29, 0.717) is 24.6 Å². The summed E-state index contributed by atoms with van der Waals surface area (Å²) in [7, 11) is 3.25. The highest BCUT2D eigenvalue weighted by Gasteiger charge is 2.42. The monoisotopic (exact) mass is 436 g/mol. The Hall–Kier alpha value is -1.84. The van der Waals surface area contributed by atoms with E-state index in [0.717, 1.165) is 37.0 Å². The zero-order chi connectivity index (χ0) is 21.4. The van der Waals surface area contributed by atoms with Crippen LogP contribution in [-0.4, -0.2) is 60.8 Å². The van der Waals surface area contributed by atoms with Crippen LogP contribution in [0.3, 0.4) is 0 Å². The second-order valence-corrected chi connectivity index (χ2v) is 8.99. The summed E-state index contributed by atoms with van der Waals surface area (Å²) < 4.78 is 11.3. The molecule has 3 unspecified atom stereocenters. The van der Waals surface area contributed by atoms with Crippen LogP contribution in [0.25, 0.3) is 0 Å². The van der Waals surface area contributed by atoms with Crippen molar-refractivity contribution in [3.05, 3.63) is 30.1 Å². The molecule has 2 fully saturated rings. The fourth-order valence-corrected chi connectivity index (χ4v) is 5.73. The lowest BCUT2D eigenvalue weighted by atomic mass is 10.0. The van der Waals surface area contributed by atoms with Crippen molar-refractivity contribution in [1.29, 1.82) is 0 Å². The summed E-state index contributed by atoms with van der Waals surface area (Å²) in [6, 6.07) is 4.20. The van der Waals surface area contributed by atoms with E-state index in [1.54, 1.807) is 26.6 Å². The van der Waals surface area contributed by atoms with Crippen LogP contribution < -0.4 is 16.0 Å². The molecule has 0 radical (unpaired) electrons. The molecule has 1 aromatic heterocycles. The Bertz CT molecular complexity index is 702. The van der Waals surface area contributed by atoms with Crippen molar-refractivity contribution in [3.8, 4) is 0 Å². The Morgan fingerprint density at radius 3 is 2.73 bits per heavy atom. The molecule has 0 bridgehead atoms. The van der Waals surface area contributed by atoms with E-state index in [2.05, 4.69) is 20.9 Å². The Labute approximate surface area is 182 Å². The molecule has 8 nitrogen and oxygen atoms in total. The molecule has 3 rings (SSSR count). The maximum absolute atomic E-state index is 12.1. The van der Waals surface area contributed by atoms with Gasteiger partial charge in [0.25, 0.3) is 0 Å². The Balaban J connectivity index is 1.30. The van der Waals surface area contributed by atoms with Crippen LogP contribution in [-0.2, 0) is 20.1 Å². The van der Waals surface area contributed by atoms with Gasteiger partial charge in [0.15, 0.2) is 5.79 Å². The Kier molecular flexibility index (Phi) is 8.35. The van der Waals surface area contributed by atoms with Crippen molar-refractivity contribution in [2.75, 3.05) is 26.5 Å². The number of hydrogen-bond acceptors (Lipinski definition) is 6. The number of hydrogen-bond donors (Lipinski definition) is 3. The van der Waals surface area contributed by atoms with Gasteiger partial charge in [-0.15, -0.1) is 0 Å². The number of fused-ring (bicyclic) bond motifs is 1. The SMILES string of the molecule is COC(CCCNC(=O)CCCCC1SCC2NC(=O)NC21)(OC)c1ccncc1. The van der Waals surface area contributed by atoms with Gasteiger partial charge < -0.3 is 25.4 Å². The second kappa shape index (κ2) is 11.0. The van der Waals surface area contributed by atoms with E-state index in [1.165, 1.54) is 0 Å². The average Bonchev–Trinajstić information content (AvgIpc) is 3.32. The largest absolute Gasteiger partial charge is 0.356 e. The summed E-state index contributed by atoms with van der Waals surface area (Å²) in [5, 5.41) is 9.40. The Morgan fingerprint density at radius 1 is 1.23 bits per heavy atom. The van der Waals surface area contributed by atoms with Crippen molar-refractivity contribution in [2.24, 2.45) is 0 Å². The molecular formula is C21H32N4O4S. The number of thioether (sulfide) groups is 1. The van der Waals surface area contributed by atoms with E-state index in [1.807, 2.05) is 23.9 Å². The van der Waals surface area contributed by atoms with Crippen LogP contribution >= 0.6 is 11.8 Å². The molecule has 2 aliphatic rings. The zero-order valence-electron chi connectivity index (χ0n) is 17.7. The molecule has 9 heteroatoms. The Morgan fingerprint density at radius 2 is 2.00 bits per heavy atom. The number of unbranched alkanes of at least 4 members (excludes halogenated alkanes) is 1. The molecule has 3 heterocycles. The lowest BCUT2D eigenvalue weighted by Gasteiger charge is -2.31. The predicted molar refractivity (Wildman–Crippen MR) is 116 cm³/mol. The van der Waals surface area contributed by atoms with Crippen molar-refractivity contribution >= 4 is 23.7 Å². The molecule has 0 saturated carbocycles. The van der Waals surface area contributed by atoms with Gasteiger partial charge in [-0.3, -0.25) is 9.78 Å². The van der Waals surface area contributed by atoms with Gasteiger partial charge >= 0.3 is 6.03 Å². The van der Waals surface area contributed by atoms with E-state index < -0.39 is 5.79 Å². The fourth-order valence-electron chi connectivity index (χ4n) is 4.18. The number of nitrogens with one attached hydrogen (secondary N) is 3. The quantitative estimate of drug-likeness (QED) is 0.264. The van der Waals surface area contributed by atoms with E-state index in [-0.39, 0.29) is 24.0 Å². The summed E-state index contributed by atoms with van der Waals surface area (Å²) in [6.45, 7) is 0.582. The summed E-state index contributed by atoms with van der Waals surface area (Å²) in [5.41, 5.74) is 0.912. The molecule has 1 aromatic rings. The maximum atomic E-state index is 12.1. The summed E-state index contributed by atoms with van der Waals surface area (Å²) in [5.74, 6) is 0.222. The van der Waals surface area contributed by atoms with Gasteiger partial charge in [-0.25, -0.2) is 4.79 Å². The van der Waals surface area contributed by atoms with Crippen LogP contribution in [0.15, 0.2) is 24.5 Å². The third-order valence-electron chi connectivity index (χ3n) is 5.87. The van der Waals surface area contributed by atoms with Crippen LogP contribution in [0.1, 0.15) is 44.1 Å². The molecule has 0 aliphatic carbocycles. The third kappa shape index (κ3) is 5.65. The molecule has 2 saturated heterocycles. The van der Waals surface area contributed by atoms with Crippen molar-refractivity contribution in [3.63, 3.8) is 0 Å². The zero-order valence-corrected chi connectivity index (χ0v) is 18.5. The highest BCUT2D eigenvalue weighted by Crippen LogP contribution is 2.33. The fraction of sp³-hybridized carbons (Fsp3) is 0.667. The molecule has 3 amide bonds. The standard InChI is InChI=1S/C21H32N4O4S/c1-28-21(29-2,15-8-12-22-13-9-15)10-5-11-23-18(26)7-4-3-6-17-19-16(14-30-17)24-20(27)25-19/h8-9,12-13,16-17,19H,3-7,10-11,14H2,1-2H3,(H,23,26)(H2,24,25,27). The highest BCUT2D eigenvalue weighted by molar-refractivity contribution is 8.00. The molecular weight excluding hydrogens is 404 g/mol. The summed E-state index contributed by atoms with van der Waals surface area (Å²) in [6.07, 6.45) is 8.20. The van der Waals surface area contributed by atoms with Crippen LogP contribution in [0, 0.1) is 0 Å². The number of rotatable bonds is 12. The van der Waals surface area contributed by atoms with Crippen molar-refractivity contribution in [2.45, 2.75) is 61.6 Å². The van der Waals surface area contributed by atoms with Gasteiger partial charge in [-0.2, -0.15) is 11.8 Å². The third-order valence-corrected chi connectivity index (χ3v) is 7.37. The number of methoxy groups -OCH3 is 2. The lowest BCUT2D eigenvalue weighted by Crippen LogP contribution is -2.36. The minimum Gasteiger partial charge on any atom is -0.356 e. The first-order valence-electron chi connectivity index (χ1n) is 10.5. The molecule has 2 aliphatic heterocycles. The number of pyridine rings is 1. The van der Waals surface area contributed by atoms with Gasteiger partial charge in [-0.05, 0) is 31.4 Å². The van der Waals surface area contributed by atoms with Gasteiger partial charge in [-0.1, -0.05) is 6.42 Å². The molecule has 3 atom stereocenters. The van der Waals surface area contributed by atoms with E-state index >= 15 is 0 Å². The molecule has 166 valence electrons. The molecule has 3 N–H and O–H groups in total. The molecule has 0 aromatic carbocycles. The van der Waals surface area contributed by atoms with Crippen molar-refractivity contribution < 1.29 is 19.1 Å². The predicted octanol–water partition coefficient (Wildman–Crippen LogP) is 2.15. The summed E-state index contributed by atoms with van der Waals surface area (Å²) in [4.78, 5) is 27.6. The minimum atomic E-state index is -0.824. The number of nitrogens with zero attached hydrogens (tertiary/aromatic N) is 1. The number of amides is 3. The maximum Gasteiger partial charge on any atom is 0.315 e. The van der Waals surface area contributed by atoms with Gasteiger partial charge in [0, 0.05) is 62.6 Å². The number of urea groups is 1. The van der Waals surface area contributed by atoms with E-state index in [9.17, 15) is 9.59 Å². The van der Waals surface area contributed by atoms with Crippen LogP contribution in [0.2, 0.25) is 0 Å². The van der Waals surface area contributed by atoms with Gasteiger partial charge in [0.05, 0.1) is 12.1 Å². The summed E-state index contributed by atoms with van der Waals surface area (Å²) >= 11 is 1.91. The molecule has 0 spiro atoms. The molecule has 30 heavy (non-hydrogen) atoms. The van der Waals surface area contributed by atoms with Crippen LogP contribution in [0.5, 0.6) is 0 Å². The normalized spacial score (nSPS) is 23.0. The lowest BCUT2D eigenvalue weighted by molar-refractivity contribution is -0.220. The first-order valence-corrected chi connectivity index (χ1v) is 11.6. The first-order chi connectivity index (χ1) is 14.6. The van der Waals surface area contributed by atoms with Crippen LogP contribution in [0.4, 0.5) is 4.79 Å². The second-order valence-electron chi connectivity index (χ2n) is 7.72. The minimum absolute atomic E-state index is 0.0513. The van der Waals surface area contributed by atoms with Gasteiger partial charge in [0.1, 0.15) is 0 Å². The van der Waals surface area contributed by atoms with E-state index in [4.69, 9.17) is 9.47 Å². The first kappa shape index (κ1) is 22.8. The smallest absolute Gasteiger partial charge is 0.315 e. The average molecular weight is 437 g/mol. The number of aromatic nitrogens is 1. The van der Waals surface area contributed by atoms with Crippen molar-refractivity contribution in [1.82, 2.24) is 20.9 Å². The van der Waals surface area contributed by atoms with Gasteiger partial charge in [0.2, 0.25) is 5.91 Å². The number of carbonyl (C=O) groups excluding carboxylic acids is 2.